The van der Waals surface area contributed by atoms with Crippen LogP contribution in [-0.2, 0) is 11.3 Å². The molecule has 1 N–H and O–H groups in total. The zero-order valence-electron chi connectivity index (χ0n) is 7.95. The van der Waals surface area contributed by atoms with E-state index in [1.165, 1.54) is 0 Å². The number of hydrogen-bond donors (Lipinski definition) is 1. The van der Waals surface area contributed by atoms with Crippen LogP contribution in [0.5, 0.6) is 0 Å². The minimum absolute atomic E-state index is 0.282. The van der Waals surface area contributed by atoms with E-state index < -0.39 is 6.17 Å². The second kappa shape index (κ2) is 4.53. The van der Waals surface area contributed by atoms with Crippen LogP contribution in [0.2, 0.25) is 0 Å². The van der Waals surface area contributed by atoms with Gasteiger partial charge in [-0.15, -0.1) is 0 Å². The van der Waals surface area contributed by atoms with Gasteiger partial charge in [0.2, 0.25) is 0 Å². The molecule has 2 rings (SSSR count). The highest BCUT2D eigenvalue weighted by atomic mass is 19.1. The Morgan fingerprint density at radius 2 is 2.07 bits per heavy atom. The molecule has 0 aromatic heterocycles. The van der Waals surface area contributed by atoms with Crippen molar-refractivity contribution in [3.8, 4) is 0 Å². The first kappa shape index (κ1) is 9.62. The van der Waals surface area contributed by atoms with Crippen molar-refractivity contribution in [3.05, 3.63) is 35.9 Å². The average Bonchev–Trinajstić information content (AvgIpc) is 2.63. The molecule has 14 heavy (non-hydrogen) atoms. The predicted molar refractivity (Wildman–Crippen MR) is 52.8 cm³/mol. The smallest absolute Gasteiger partial charge is 0.140 e. The molecule has 3 heteroatoms. The SMILES string of the molecule is FC1CNCC1OCc1ccccc1. The molecule has 1 aliphatic heterocycles. The molecular weight excluding hydrogens is 181 g/mol. The summed E-state index contributed by atoms with van der Waals surface area (Å²) in [7, 11) is 0. The molecule has 0 aliphatic carbocycles. The van der Waals surface area contributed by atoms with Crippen molar-refractivity contribution >= 4 is 0 Å². The molecule has 0 bridgehead atoms. The Morgan fingerprint density at radius 3 is 2.71 bits per heavy atom. The van der Waals surface area contributed by atoms with E-state index in [0.717, 1.165) is 5.56 Å². The third kappa shape index (κ3) is 2.30. The van der Waals surface area contributed by atoms with E-state index in [1.807, 2.05) is 30.3 Å². The summed E-state index contributed by atoms with van der Waals surface area (Å²) in [4.78, 5) is 0. The van der Waals surface area contributed by atoms with Gasteiger partial charge in [0.15, 0.2) is 0 Å². The summed E-state index contributed by atoms with van der Waals surface area (Å²) in [5, 5.41) is 2.96. The molecule has 2 nitrogen and oxygen atoms in total. The van der Waals surface area contributed by atoms with E-state index >= 15 is 0 Å². The van der Waals surface area contributed by atoms with Gasteiger partial charge in [-0.2, -0.15) is 0 Å². The van der Waals surface area contributed by atoms with Gasteiger partial charge in [-0.25, -0.2) is 4.39 Å². The topological polar surface area (TPSA) is 21.3 Å². The fourth-order valence-corrected chi connectivity index (χ4v) is 1.56. The summed E-state index contributed by atoms with van der Waals surface area (Å²) < 4.78 is 18.6. The first-order chi connectivity index (χ1) is 6.86. The quantitative estimate of drug-likeness (QED) is 0.789. The minimum Gasteiger partial charge on any atom is -0.369 e. The van der Waals surface area contributed by atoms with E-state index in [0.29, 0.717) is 19.7 Å². The van der Waals surface area contributed by atoms with Gasteiger partial charge in [0.25, 0.3) is 0 Å². The van der Waals surface area contributed by atoms with Crippen molar-refractivity contribution in [2.24, 2.45) is 0 Å². The molecule has 1 heterocycles. The molecular formula is C11H14FNO. The van der Waals surface area contributed by atoms with Gasteiger partial charge in [0, 0.05) is 13.1 Å². The predicted octanol–water partition coefficient (Wildman–Crippen LogP) is 1.51. The van der Waals surface area contributed by atoms with Gasteiger partial charge in [-0.1, -0.05) is 30.3 Å². The molecule has 0 spiro atoms. The number of nitrogens with one attached hydrogen (secondary N) is 1. The number of hydrogen-bond acceptors (Lipinski definition) is 2. The molecule has 76 valence electrons. The molecule has 1 aliphatic rings. The van der Waals surface area contributed by atoms with E-state index in [4.69, 9.17) is 4.74 Å². The van der Waals surface area contributed by atoms with Gasteiger partial charge in [0.1, 0.15) is 12.3 Å². The number of ether oxygens (including phenoxy) is 1. The van der Waals surface area contributed by atoms with E-state index in [2.05, 4.69) is 5.32 Å². The van der Waals surface area contributed by atoms with Crippen LogP contribution < -0.4 is 5.32 Å². The number of halogens is 1. The lowest BCUT2D eigenvalue weighted by molar-refractivity contribution is 0.0139. The van der Waals surface area contributed by atoms with E-state index in [1.54, 1.807) is 0 Å². The first-order valence-electron chi connectivity index (χ1n) is 4.86. The highest BCUT2D eigenvalue weighted by Gasteiger charge is 2.27. The van der Waals surface area contributed by atoms with Gasteiger partial charge in [0.05, 0.1) is 6.61 Å². The third-order valence-electron chi connectivity index (χ3n) is 2.40. The van der Waals surface area contributed by atoms with E-state index in [-0.39, 0.29) is 6.10 Å². The molecule has 1 fully saturated rings. The summed E-state index contributed by atoms with van der Waals surface area (Å²) in [6.07, 6.45) is -1.14. The van der Waals surface area contributed by atoms with Crippen LogP contribution in [0.25, 0.3) is 0 Å². The lowest BCUT2D eigenvalue weighted by atomic mass is 10.2. The number of benzene rings is 1. The number of alkyl halides is 1. The lowest BCUT2D eigenvalue weighted by Crippen LogP contribution is -2.23. The zero-order valence-corrected chi connectivity index (χ0v) is 7.95. The van der Waals surface area contributed by atoms with Crippen molar-refractivity contribution in [1.29, 1.82) is 0 Å². The van der Waals surface area contributed by atoms with Crippen molar-refractivity contribution in [2.75, 3.05) is 13.1 Å². The summed E-state index contributed by atoms with van der Waals surface area (Å²) in [5.74, 6) is 0. The summed E-state index contributed by atoms with van der Waals surface area (Å²) in [5.41, 5.74) is 1.09. The fraction of sp³-hybridized carbons (Fsp3) is 0.455. The van der Waals surface area contributed by atoms with Crippen LogP contribution in [0.4, 0.5) is 4.39 Å². The van der Waals surface area contributed by atoms with Gasteiger partial charge in [-0.3, -0.25) is 0 Å². The Labute approximate surface area is 83.1 Å². The molecule has 1 aromatic carbocycles. The van der Waals surface area contributed by atoms with Gasteiger partial charge < -0.3 is 10.1 Å². The molecule has 1 saturated heterocycles. The van der Waals surface area contributed by atoms with Crippen LogP contribution in [-0.4, -0.2) is 25.4 Å². The Morgan fingerprint density at radius 1 is 1.29 bits per heavy atom. The van der Waals surface area contributed by atoms with Crippen molar-refractivity contribution in [3.63, 3.8) is 0 Å². The average molecular weight is 195 g/mol. The third-order valence-corrected chi connectivity index (χ3v) is 2.40. The Kier molecular flexibility index (Phi) is 3.11. The molecule has 2 atom stereocenters. The minimum atomic E-state index is -0.862. The highest BCUT2D eigenvalue weighted by Crippen LogP contribution is 2.11. The zero-order chi connectivity index (χ0) is 9.80. The molecule has 2 unspecified atom stereocenters. The van der Waals surface area contributed by atoms with Crippen molar-refractivity contribution in [2.45, 2.75) is 18.9 Å². The summed E-state index contributed by atoms with van der Waals surface area (Å²) in [6, 6.07) is 9.83. The maximum absolute atomic E-state index is 13.1. The Bertz CT molecular complexity index is 278. The second-order valence-electron chi connectivity index (χ2n) is 3.51. The summed E-state index contributed by atoms with van der Waals surface area (Å²) in [6.45, 7) is 1.53. The van der Waals surface area contributed by atoms with Gasteiger partial charge in [-0.05, 0) is 5.56 Å². The Balaban J connectivity index is 1.82. The summed E-state index contributed by atoms with van der Waals surface area (Å²) >= 11 is 0. The molecule has 0 radical (unpaired) electrons. The van der Waals surface area contributed by atoms with Crippen LogP contribution >= 0.6 is 0 Å². The maximum atomic E-state index is 13.1. The first-order valence-corrected chi connectivity index (χ1v) is 4.86. The monoisotopic (exact) mass is 195 g/mol. The maximum Gasteiger partial charge on any atom is 0.140 e. The fourth-order valence-electron chi connectivity index (χ4n) is 1.56. The molecule has 0 amide bonds. The molecule has 0 saturated carbocycles. The standard InChI is InChI=1S/C11H14FNO/c12-10-6-13-7-11(10)14-8-9-4-2-1-3-5-9/h1-5,10-11,13H,6-8H2. The van der Waals surface area contributed by atoms with Crippen LogP contribution in [0.15, 0.2) is 30.3 Å². The van der Waals surface area contributed by atoms with Crippen LogP contribution in [0, 0.1) is 0 Å². The van der Waals surface area contributed by atoms with Gasteiger partial charge >= 0.3 is 0 Å². The molecule has 1 aromatic rings. The van der Waals surface area contributed by atoms with E-state index in [9.17, 15) is 4.39 Å². The van der Waals surface area contributed by atoms with Crippen molar-refractivity contribution in [1.82, 2.24) is 5.32 Å². The van der Waals surface area contributed by atoms with Crippen LogP contribution in [0.3, 0.4) is 0 Å². The highest BCUT2D eigenvalue weighted by molar-refractivity contribution is 5.13. The largest absolute Gasteiger partial charge is 0.369 e. The number of rotatable bonds is 3. The second-order valence-corrected chi connectivity index (χ2v) is 3.51. The normalized spacial score (nSPS) is 26.6. The Hall–Kier alpha value is -0.930. The van der Waals surface area contributed by atoms with Crippen molar-refractivity contribution < 1.29 is 9.13 Å². The lowest BCUT2D eigenvalue weighted by Gasteiger charge is -2.12. The van der Waals surface area contributed by atoms with Crippen LogP contribution in [0.1, 0.15) is 5.56 Å².